The fourth-order valence-electron chi connectivity index (χ4n) is 1.77. The number of rotatable bonds is 6. The number of nitrogens with zero attached hydrogens (tertiary/aromatic N) is 3. The Morgan fingerprint density at radius 3 is 2.53 bits per heavy atom. The van der Waals surface area contributed by atoms with Crippen molar-refractivity contribution in [3.63, 3.8) is 0 Å². The number of hydrogen-bond acceptors (Lipinski definition) is 3. The molecule has 0 saturated carbocycles. The second-order valence-corrected chi connectivity index (χ2v) is 5.46. The zero-order valence-electron chi connectivity index (χ0n) is 11.2. The van der Waals surface area contributed by atoms with Crippen LogP contribution in [0.25, 0.3) is 0 Å². The van der Waals surface area contributed by atoms with Crippen molar-refractivity contribution in [2.45, 2.75) is 40.5 Å². The van der Waals surface area contributed by atoms with E-state index in [1.807, 2.05) is 6.07 Å². The lowest BCUT2D eigenvalue weighted by atomic mass is 10.2. The number of anilines is 1. The van der Waals surface area contributed by atoms with Crippen LogP contribution in [0.1, 0.15) is 39.9 Å². The Balaban J connectivity index is 2.93. The van der Waals surface area contributed by atoms with E-state index in [1.54, 1.807) is 0 Å². The zero-order chi connectivity index (χ0) is 12.8. The maximum Gasteiger partial charge on any atom is 0.133 e. The van der Waals surface area contributed by atoms with Gasteiger partial charge in [0.25, 0.3) is 0 Å². The molecule has 0 aliphatic rings. The first-order valence-corrected chi connectivity index (χ1v) is 7.14. The van der Waals surface area contributed by atoms with Crippen molar-refractivity contribution in [1.82, 2.24) is 9.97 Å². The topological polar surface area (TPSA) is 29.0 Å². The van der Waals surface area contributed by atoms with Gasteiger partial charge in [-0.05, 0) is 35.2 Å². The molecule has 0 spiro atoms. The number of aryl methyl sites for hydroxylation is 1. The zero-order valence-corrected chi connectivity index (χ0v) is 12.8. The average molecular weight is 300 g/mol. The van der Waals surface area contributed by atoms with E-state index in [9.17, 15) is 0 Å². The number of hydrogen-bond donors (Lipinski definition) is 0. The fourth-order valence-corrected chi connectivity index (χ4v) is 2.18. The summed E-state index contributed by atoms with van der Waals surface area (Å²) in [5.41, 5.74) is 0. The van der Waals surface area contributed by atoms with Gasteiger partial charge in [0, 0.05) is 25.6 Å². The molecule has 0 aliphatic heterocycles. The molecule has 0 fully saturated rings. The first-order valence-electron chi connectivity index (χ1n) is 6.35. The van der Waals surface area contributed by atoms with E-state index < -0.39 is 0 Å². The molecule has 96 valence electrons. The van der Waals surface area contributed by atoms with Gasteiger partial charge in [-0.1, -0.05) is 20.8 Å². The molecule has 0 unspecified atom stereocenters. The Labute approximate surface area is 113 Å². The van der Waals surface area contributed by atoms with E-state index in [1.165, 1.54) is 0 Å². The molecule has 0 aliphatic carbocycles. The lowest BCUT2D eigenvalue weighted by Crippen LogP contribution is -2.28. The van der Waals surface area contributed by atoms with Crippen LogP contribution in [0.4, 0.5) is 5.82 Å². The molecular weight excluding hydrogens is 278 g/mol. The minimum Gasteiger partial charge on any atom is -0.356 e. The minimum absolute atomic E-state index is 0.637. The highest BCUT2D eigenvalue weighted by Gasteiger charge is 2.10. The fraction of sp³-hybridized carbons (Fsp3) is 0.692. The molecule has 1 heterocycles. The molecule has 1 aromatic rings. The van der Waals surface area contributed by atoms with E-state index in [4.69, 9.17) is 0 Å². The number of halogens is 1. The lowest BCUT2D eigenvalue weighted by molar-refractivity contribution is 0.612. The highest BCUT2D eigenvalue weighted by molar-refractivity contribution is 9.10. The van der Waals surface area contributed by atoms with Crippen LogP contribution >= 0.6 is 15.9 Å². The van der Waals surface area contributed by atoms with E-state index in [2.05, 4.69) is 58.5 Å². The Morgan fingerprint density at radius 2 is 2.00 bits per heavy atom. The van der Waals surface area contributed by atoms with Gasteiger partial charge in [-0.15, -0.1) is 0 Å². The van der Waals surface area contributed by atoms with Crippen molar-refractivity contribution in [2.75, 3.05) is 18.0 Å². The second kappa shape index (κ2) is 6.94. The number of aromatic nitrogens is 2. The highest BCUT2D eigenvalue weighted by Crippen LogP contribution is 2.18. The van der Waals surface area contributed by atoms with Crippen LogP contribution in [0.5, 0.6) is 0 Å². The van der Waals surface area contributed by atoms with Crippen LogP contribution < -0.4 is 4.90 Å². The lowest BCUT2D eigenvalue weighted by Gasteiger charge is -2.24. The van der Waals surface area contributed by atoms with Gasteiger partial charge in [0.1, 0.15) is 16.2 Å². The van der Waals surface area contributed by atoms with Crippen molar-refractivity contribution in [3.05, 3.63) is 16.5 Å². The van der Waals surface area contributed by atoms with E-state index >= 15 is 0 Å². The average Bonchev–Trinajstić information content (AvgIpc) is 2.25. The highest BCUT2D eigenvalue weighted by atomic mass is 79.9. The summed E-state index contributed by atoms with van der Waals surface area (Å²) in [5, 5.41) is 0. The summed E-state index contributed by atoms with van der Waals surface area (Å²) in [5.74, 6) is 2.60. The van der Waals surface area contributed by atoms with Gasteiger partial charge in [0.15, 0.2) is 0 Å². The molecule has 0 radical (unpaired) electrons. The minimum atomic E-state index is 0.637. The standard InChI is InChI=1S/C13H22BrN3/c1-5-7-12-15-11(14)8-13(16-12)17(6-2)9-10(3)4/h8,10H,5-7,9H2,1-4H3. The molecule has 1 rings (SSSR count). The van der Waals surface area contributed by atoms with Crippen molar-refractivity contribution in [1.29, 1.82) is 0 Å². The molecule has 0 bridgehead atoms. The summed E-state index contributed by atoms with van der Waals surface area (Å²) in [6.45, 7) is 10.8. The second-order valence-electron chi connectivity index (χ2n) is 4.65. The SMILES string of the molecule is CCCc1nc(Br)cc(N(CC)CC(C)C)n1. The predicted octanol–water partition coefficient (Wildman–Crippen LogP) is 3.67. The third-order valence-corrected chi connectivity index (χ3v) is 2.90. The van der Waals surface area contributed by atoms with Gasteiger partial charge >= 0.3 is 0 Å². The summed E-state index contributed by atoms with van der Waals surface area (Å²) in [4.78, 5) is 11.3. The molecule has 0 amide bonds. The van der Waals surface area contributed by atoms with Gasteiger partial charge < -0.3 is 4.90 Å². The molecule has 4 heteroatoms. The van der Waals surface area contributed by atoms with Crippen LogP contribution in [0.15, 0.2) is 10.7 Å². The van der Waals surface area contributed by atoms with Gasteiger partial charge in [-0.2, -0.15) is 0 Å². The van der Waals surface area contributed by atoms with Gasteiger partial charge in [0.2, 0.25) is 0 Å². The maximum absolute atomic E-state index is 4.63. The van der Waals surface area contributed by atoms with E-state index in [0.29, 0.717) is 5.92 Å². The van der Waals surface area contributed by atoms with Crippen LogP contribution in [0, 0.1) is 5.92 Å². The van der Waals surface area contributed by atoms with Gasteiger partial charge in [-0.3, -0.25) is 0 Å². The largest absolute Gasteiger partial charge is 0.356 e. The van der Waals surface area contributed by atoms with E-state index in [0.717, 1.165) is 42.2 Å². The summed E-state index contributed by atoms with van der Waals surface area (Å²) in [6.07, 6.45) is 2.01. The Hall–Kier alpha value is -0.640. The van der Waals surface area contributed by atoms with Crippen LogP contribution in [0.3, 0.4) is 0 Å². The molecule has 3 nitrogen and oxygen atoms in total. The smallest absolute Gasteiger partial charge is 0.133 e. The Morgan fingerprint density at radius 1 is 1.29 bits per heavy atom. The van der Waals surface area contributed by atoms with Crippen molar-refractivity contribution >= 4 is 21.7 Å². The monoisotopic (exact) mass is 299 g/mol. The predicted molar refractivity (Wildman–Crippen MR) is 76.5 cm³/mol. The summed E-state index contributed by atoms with van der Waals surface area (Å²) in [6, 6.07) is 2.00. The van der Waals surface area contributed by atoms with Crippen LogP contribution in [0.2, 0.25) is 0 Å². The quantitative estimate of drug-likeness (QED) is 0.751. The third-order valence-electron chi connectivity index (χ3n) is 2.49. The molecule has 0 saturated heterocycles. The Bertz CT molecular complexity index is 353. The normalized spacial score (nSPS) is 10.9. The van der Waals surface area contributed by atoms with Gasteiger partial charge in [0.05, 0.1) is 0 Å². The molecule has 0 aromatic carbocycles. The molecule has 0 atom stereocenters. The molecule has 0 N–H and O–H groups in total. The summed E-state index contributed by atoms with van der Waals surface area (Å²) in [7, 11) is 0. The van der Waals surface area contributed by atoms with Gasteiger partial charge in [-0.25, -0.2) is 9.97 Å². The first kappa shape index (κ1) is 14.4. The third kappa shape index (κ3) is 4.62. The van der Waals surface area contributed by atoms with Crippen molar-refractivity contribution in [3.8, 4) is 0 Å². The maximum atomic E-state index is 4.63. The van der Waals surface area contributed by atoms with Crippen molar-refractivity contribution in [2.24, 2.45) is 5.92 Å². The first-order chi connectivity index (χ1) is 8.06. The van der Waals surface area contributed by atoms with Crippen molar-refractivity contribution < 1.29 is 0 Å². The van der Waals surface area contributed by atoms with E-state index in [-0.39, 0.29) is 0 Å². The Kier molecular flexibility index (Phi) is 5.89. The molecule has 17 heavy (non-hydrogen) atoms. The molecular formula is C13H22BrN3. The van der Waals surface area contributed by atoms with Crippen LogP contribution in [-0.2, 0) is 6.42 Å². The van der Waals surface area contributed by atoms with Crippen LogP contribution in [-0.4, -0.2) is 23.1 Å². The molecule has 1 aromatic heterocycles. The summed E-state index contributed by atoms with van der Waals surface area (Å²) >= 11 is 3.47. The summed E-state index contributed by atoms with van der Waals surface area (Å²) < 4.78 is 0.883.